The largest absolute Gasteiger partial charge is 2.00 e. The van der Waals surface area contributed by atoms with Crippen LogP contribution in [0.3, 0.4) is 0 Å². The van der Waals surface area contributed by atoms with E-state index in [-0.39, 0.29) is 50.1 Å². The van der Waals surface area contributed by atoms with Crippen molar-refractivity contribution in [2.45, 2.75) is 112 Å². The van der Waals surface area contributed by atoms with Crippen LogP contribution in [0.4, 0.5) is 0 Å². The molecule has 2 nitrogen and oxygen atoms in total. The summed E-state index contributed by atoms with van der Waals surface area (Å²) in [6.45, 7) is 17.1. The number of hydrogen-bond acceptors (Lipinski definition) is 2. The third-order valence-corrected chi connectivity index (χ3v) is 10.7. The Hall–Kier alpha value is 0.422. The fraction of sp³-hybridized carbons (Fsp3) is 0.867. The summed E-state index contributed by atoms with van der Waals surface area (Å²) < 4.78 is 0. The molecule has 9 atom stereocenters. The van der Waals surface area contributed by atoms with Crippen molar-refractivity contribution < 1.29 is 41.0 Å². The van der Waals surface area contributed by atoms with Crippen LogP contribution >= 0.6 is 0 Å². The first-order chi connectivity index (χ1) is 14.8. The third-order valence-electron chi connectivity index (χ3n) is 10.7. The maximum absolute atomic E-state index is 10.6. The van der Waals surface area contributed by atoms with Gasteiger partial charge >= 0.3 is 31.1 Å². The number of fused-ring (bicyclic) bond motifs is 7. The van der Waals surface area contributed by atoms with Gasteiger partial charge in [0.25, 0.3) is 0 Å². The second kappa shape index (κ2) is 12.6. The molecule has 188 valence electrons. The molecule has 0 spiro atoms. The molecule has 0 aromatic heterocycles. The van der Waals surface area contributed by atoms with Crippen molar-refractivity contribution in [2.75, 3.05) is 0 Å². The second-order valence-electron chi connectivity index (χ2n) is 12.2. The number of aliphatic hydroxyl groups is 1. The molecular weight excluding hydrogens is 630 g/mol. The van der Waals surface area contributed by atoms with E-state index in [0.29, 0.717) is 5.41 Å². The third kappa shape index (κ3) is 5.42. The van der Waals surface area contributed by atoms with Crippen molar-refractivity contribution in [3.63, 3.8) is 0 Å². The maximum atomic E-state index is 10.6. The van der Waals surface area contributed by atoms with E-state index in [0.717, 1.165) is 47.8 Å². The molecule has 1 N–H and O–H groups in total. The van der Waals surface area contributed by atoms with E-state index >= 15 is 0 Å². The molecule has 4 fully saturated rings. The van der Waals surface area contributed by atoms with Gasteiger partial charge in [-0.2, -0.15) is 0 Å². The Bertz CT molecular complexity index is 643. The van der Waals surface area contributed by atoms with Gasteiger partial charge < -0.3 is 17.3 Å². The zero-order chi connectivity index (χ0) is 23.0. The van der Waals surface area contributed by atoms with Gasteiger partial charge in [0.2, 0.25) is 0 Å². The van der Waals surface area contributed by atoms with Crippen molar-refractivity contribution in [2.24, 2.45) is 52.3 Å². The van der Waals surface area contributed by atoms with Gasteiger partial charge in [-0.25, -0.2) is 0 Å². The van der Waals surface area contributed by atoms with Crippen LogP contribution in [0.2, 0.25) is 0 Å². The Morgan fingerprint density at radius 1 is 0.909 bits per heavy atom. The molecule has 4 saturated carbocycles. The number of hydrogen-bond donors (Lipinski definition) is 1. The van der Waals surface area contributed by atoms with Crippen molar-refractivity contribution in [3.05, 3.63) is 19.1 Å². The zero-order valence-electron chi connectivity index (χ0n) is 22.7. The number of carbonyl (C=O) groups excluding carboxylic acids is 1. The number of allylic oxidation sites excluding steroid dienone is 2. The van der Waals surface area contributed by atoms with Gasteiger partial charge in [-0.15, -0.1) is 0 Å². The summed E-state index contributed by atoms with van der Waals surface area (Å²) in [6, 6.07) is 0. The molecule has 0 radical (unpaired) electrons. The molecule has 0 aliphatic heterocycles. The Morgan fingerprint density at radius 2 is 1.55 bits per heavy atom. The summed E-state index contributed by atoms with van der Waals surface area (Å²) in [7, 11) is 0. The molecule has 33 heavy (non-hydrogen) atoms. The van der Waals surface area contributed by atoms with Crippen LogP contribution in [-0.4, -0.2) is 18.0 Å². The summed E-state index contributed by atoms with van der Waals surface area (Å²) in [5.74, 6) is 6.17. The molecule has 0 aromatic rings. The smallest absolute Gasteiger partial charge is 0.545 e. The van der Waals surface area contributed by atoms with E-state index in [4.69, 9.17) is 4.79 Å². The van der Waals surface area contributed by atoms with Gasteiger partial charge in [-0.05, 0) is 104 Å². The topological polar surface area (TPSA) is 37.3 Å². The summed E-state index contributed by atoms with van der Waals surface area (Å²) in [5.41, 5.74) is 2.65. The van der Waals surface area contributed by atoms with Gasteiger partial charge in [-0.1, -0.05) is 66.0 Å². The average molecular weight is 683 g/mol. The Balaban J connectivity index is 0.000000863. The van der Waals surface area contributed by atoms with Crippen LogP contribution in [0.1, 0.15) is 106 Å². The van der Waals surface area contributed by atoms with Crippen LogP contribution in [-0.2, 0) is 4.79 Å². The molecule has 0 bridgehead atoms. The van der Waals surface area contributed by atoms with Gasteiger partial charge in [0.1, 0.15) is 0 Å². The van der Waals surface area contributed by atoms with Crippen LogP contribution < -0.4 is 0 Å². The van der Waals surface area contributed by atoms with E-state index in [9.17, 15) is 5.11 Å². The summed E-state index contributed by atoms with van der Waals surface area (Å²) >= 11 is 0. The van der Waals surface area contributed by atoms with Gasteiger partial charge in [0, 0.05) is 0 Å². The van der Waals surface area contributed by atoms with Crippen molar-refractivity contribution >= 4 is 6.79 Å². The molecular formula is C30H52O2U. The molecule has 0 amide bonds. The molecule has 3 heteroatoms. The molecule has 5 aliphatic carbocycles. The molecule has 0 saturated heterocycles. The van der Waals surface area contributed by atoms with Gasteiger partial charge in [0.15, 0.2) is 0 Å². The minimum atomic E-state index is -0.0801. The fourth-order valence-electron chi connectivity index (χ4n) is 9.32. The summed E-state index contributed by atoms with van der Waals surface area (Å²) in [4.78, 5) is 7.75. The van der Waals surface area contributed by atoms with E-state index < -0.39 is 0 Å². The van der Waals surface area contributed by atoms with Crippen LogP contribution in [0.25, 0.3) is 0 Å². The molecule has 5 rings (SSSR count). The molecule has 5 aliphatic rings. The van der Waals surface area contributed by atoms with E-state index in [1.165, 1.54) is 57.8 Å². The van der Waals surface area contributed by atoms with Gasteiger partial charge in [0.05, 0.1) is 6.10 Å². The van der Waals surface area contributed by atoms with Crippen LogP contribution in [0.5, 0.6) is 0 Å². The minimum Gasteiger partial charge on any atom is -0.545 e. The first-order valence-electron chi connectivity index (χ1n) is 13.4. The number of aliphatic hydroxyl groups excluding tert-OH is 1. The number of rotatable bonds is 0. The molecule has 9 unspecified atom stereocenters. The SMILES string of the molecule is CC.CC1CCCC2(C)CCC3C(=CCC4C3CCC3C4CCC(O)C3(C)C)C12.[CH-]=O.[CH3-].[U+2]. The quantitative estimate of drug-likeness (QED) is 0.161. The van der Waals surface area contributed by atoms with E-state index in [1.54, 1.807) is 0 Å². The molecule has 0 heterocycles. The van der Waals surface area contributed by atoms with Crippen molar-refractivity contribution in [1.82, 2.24) is 0 Å². The second-order valence-corrected chi connectivity index (χ2v) is 12.2. The Morgan fingerprint density at radius 3 is 2.21 bits per heavy atom. The first-order valence-corrected chi connectivity index (χ1v) is 13.4. The minimum absolute atomic E-state index is 0. The Kier molecular flexibility index (Phi) is 12.0. The van der Waals surface area contributed by atoms with Crippen molar-refractivity contribution in [3.8, 4) is 0 Å². The van der Waals surface area contributed by atoms with Crippen LogP contribution in [0.15, 0.2) is 11.6 Å². The summed E-state index contributed by atoms with van der Waals surface area (Å²) in [5, 5.41) is 10.6. The average Bonchev–Trinajstić information content (AvgIpc) is 2.78. The first kappa shape index (κ1) is 31.5. The van der Waals surface area contributed by atoms with Crippen LogP contribution in [0, 0.1) is 90.8 Å². The monoisotopic (exact) mass is 682 g/mol. The normalized spacial score (nSPS) is 44.5. The van der Waals surface area contributed by atoms with Crippen molar-refractivity contribution in [1.29, 1.82) is 0 Å². The maximum Gasteiger partial charge on any atom is 2.00 e. The predicted molar refractivity (Wildman–Crippen MR) is 137 cm³/mol. The van der Waals surface area contributed by atoms with E-state index in [2.05, 4.69) is 40.6 Å². The molecule has 0 aromatic carbocycles. The predicted octanol–water partition coefficient (Wildman–Crippen LogP) is 7.81. The van der Waals surface area contributed by atoms with Gasteiger partial charge in [-0.3, -0.25) is 6.79 Å². The fourth-order valence-corrected chi connectivity index (χ4v) is 9.32. The Labute approximate surface area is 229 Å². The zero-order valence-corrected chi connectivity index (χ0v) is 26.9. The van der Waals surface area contributed by atoms with E-state index in [1.807, 2.05) is 19.4 Å². The standard InChI is InChI=1S/C26H42O.C2H6.CHO.CH3.U/c1-16-6-5-14-26(4)15-13-19-17-9-11-22-20(10-12-23(27)25(22,2)3)18(17)7-8-21(19)24(16)26;2*1-2;;/h8,16-20,22-24,27H,5-7,9-15H2,1-4H3;1-2H3;1H;1H3;/q;;2*-1;+2. The summed E-state index contributed by atoms with van der Waals surface area (Å²) in [6.07, 6.45) is 16.5.